The van der Waals surface area contributed by atoms with Crippen LogP contribution in [0, 0.1) is 23.0 Å². The third-order valence-electron chi connectivity index (χ3n) is 7.44. The van der Waals surface area contributed by atoms with Crippen molar-refractivity contribution in [3.63, 3.8) is 0 Å². The smallest absolute Gasteiger partial charge is 0.343 e. The zero-order valence-electron chi connectivity index (χ0n) is 23.1. The van der Waals surface area contributed by atoms with Gasteiger partial charge in [0, 0.05) is 12.1 Å². The Labute approximate surface area is 245 Å². The monoisotopic (exact) mass is 579 g/mol. The number of carbonyl (C=O) groups is 3. The van der Waals surface area contributed by atoms with Gasteiger partial charge < -0.3 is 9.47 Å². The summed E-state index contributed by atoms with van der Waals surface area (Å²) in [6.45, 7) is 1.90. The van der Waals surface area contributed by atoms with Gasteiger partial charge in [0.25, 0.3) is 11.6 Å². The maximum Gasteiger partial charge on any atom is 0.343 e. The van der Waals surface area contributed by atoms with Crippen LogP contribution in [-0.4, -0.2) is 35.9 Å². The number of amides is 2. The Bertz CT molecular complexity index is 1740. The van der Waals surface area contributed by atoms with E-state index < -0.39 is 40.8 Å². The Kier molecular flexibility index (Phi) is 7.08. The van der Waals surface area contributed by atoms with Crippen LogP contribution in [0.2, 0.25) is 0 Å². The van der Waals surface area contributed by atoms with Crippen LogP contribution >= 0.6 is 0 Å². The highest BCUT2D eigenvalue weighted by molar-refractivity contribution is 6.24. The van der Waals surface area contributed by atoms with E-state index in [1.807, 2.05) is 6.92 Å². The molecule has 2 heterocycles. The molecule has 4 aromatic carbocycles. The van der Waals surface area contributed by atoms with Crippen molar-refractivity contribution in [1.82, 2.24) is 0 Å². The van der Waals surface area contributed by atoms with E-state index in [0.29, 0.717) is 16.8 Å². The minimum Gasteiger partial charge on any atom is -0.493 e. The molecule has 43 heavy (non-hydrogen) atoms. The van der Waals surface area contributed by atoms with E-state index in [1.165, 1.54) is 36.4 Å². The summed E-state index contributed by atoms with van der Waals surface area (Å²) in [5, 5.41) is 12.9. The fraction of sp³-hybridized carbons (Fsp3) is 0.156. The SMILES string of the molecule is COc1cc([C@H]2[C@@H]3C(=O)N(c4ccc(C)cc4)C(=O)[C@H]3ON2c2cccc([N+](=O)[O-])c2)ccc1OC(=O)c1ccccc1. The number of nitrogens with zero attached hydrogens (tertiary/aromatic N) is 3. The Balaban J connectivity index is 1.40. The Morgan fingerprint density at radius 3 is 2.30 bits per heavy atom. The van der Waals surface area contributed by atoms with E-state index in [9.17, 15) is 24.5 Å². The Morgan fingerprint density at radius 1 is 0.860 bits per heavy atom. The zero-order chi connectivity index (χ0) is 30.2. The number of aryl methyl sites for hydroxylation is 1. The highest BCUT2D eigenvalue weighted by Crippen LogP contribution is 2.49. The van der Waals surface area contributed by atoms with Crippen molar-refractivity contribution < 1.29 is 33.6 Å². The summed E-state index contributed by atoms with van der Waals surface area (Å²) in [6.07, 6.45) is -1.18. The topological polar surface area (TPSA) is 129 Å². The van der Waals surface area contributed by atoms with E-state index in [1.54, 1.807) is 72.8 Å². The molecule has 0 aromatic heterocycles. The van der Waals surface area contributed by atoms with Crippen LogP contribution in [0.5, 0.6) is 11.5 Å². The first-order valence-electron chi connectivity index (χ1n) is 13.4. The molecule has 0 N–H and O–H groups in total. The van der Waals surface area contributed by atoms with Gasteiger partial charge in [0.05, 0.1) is 35.0 Å². The predicted molar refractivity (Wildman–Crippen MR) is 155 cm³/mol. The molecule has 0 saturated carbocycles. The van der Waals surface area contributed by atoms with Crippen LogP contribution in [0.3, 0.4) is 0 Å². The number of anilines is 2. The first-order valence-corrected chi connectivity index (χ1v) is 13.4. The predicted octanol–water partition coefficient (Wildman–Crippen LogP) is 5.18. The number of benzene rings is 4. The maximum absolute atomic E-state index is 13.9. The lowest BCUT2D eigenvalue weighted by Gasteiger charge is -2.29. The number of methoxy groups -OCH3 is 1. The number of nitro benzene ring substituents is 1. The second-order valence-corrected chi connectivity index (χ2v) is 10.1. The third kappa shape index (κ3) is 4.95. The molecular formula is C32H25N3O8. The molecular weight excluding hydrogens is 554 g/mol. The maximum atomic E-state index is 13.9. The number of imide groups is 1. The molecule has 0 spiro atoms. The number of non-ortho nitro benzene ring substituents is 1. The minimum atomic E-state index is -1.18. The van der Waals surface area contributed by atoms with E-state index in [2.05, 4.69) is 0 Å². The molecule has 11 heteroatoms. The number of hydroxylamine groups is 1. The summed E-state index contributed by atoms with van der Waals surface area (Å²) < 4.78 is 11.1. The van der Waals surface area contributed by atoms with Gasteiger partial charge in [0.2, 0.25) is 5.91 Å². The highest BCUT2D eigenvalue weighted by Gasteiger charge is 2.60. The average Bonchev–Trinajstić information content (AvgIpc) is 3.53. The number of carbonyl (C=O) groups excluding carboxylic acids is 3. The zero-order valence-corrected chi connectivity index (χ0v) is 23.1. The summed E-state index contributed by atoms with van der Waals surface area (Å²) >= 11 is 0. The van der Waals surface area contributed by atoms with E-state index in [-0.39, 0.29) is 22.9 Å². The van der Waals surface area contributed by atoms with Crippen molar-refractivity contribution >= 4 is 34.8 Å². The van der Waals surface area contributed by atoms with Gasteiger partial charge >= 0.3 is 5.97 Å². The average molecular weight is 580 g/mol. The van der Waals surface area contributed by atoms with Crippen molar-refractivity contribution in [2.45, 2.75) is 19.1 Å². The van der Waals surface area contributed by atoms with Gasteiger partial charge in [-0.25, -0.2) is 14.8 Å². The molecule has 4 aromatic rings. The van der Waals surface area contributed by atoms with Crippen LogP contribution in [0.15, 0.2) is 97.1 Å². The number of hydrogen-bond acceptors (Lipinski definition) is 9. The quantitative estimate of drug-likeness (QED) is 0.0956. The highest BCUT2D eigenvalue weighted by atomic mass is 16.7. The summed E-state index contributed by atoms with van der Waals surface area (Å²) in [6, 6.07) is 25.1. The van der Waals surface area contributed by atoms with Gasteiger partial charge in [-0.05, 0) is 55.0 Å². The number of esters is 1. The lowest BCUT2D eigenvalue weighted by molar-refractivity contribution is -0.384. The van der Waals surface area contributed by atoms with Gasteiger partial charge in [-0.3, -0.25) is 24.5 Å². The van der Waals surface area contributed by atoms with Crippen LogP contribution < -0.4 is 19.4 Å². The van der Waals surface area contributed by atoms with Gasteiger partial charge in [0.15, 0.2) is 17.6 Å². The van der Waals surface area contributed by atoms with Crippen LogP contribution in [0.4, 0.5) is 17.1 Å². The molecule has 0 aliphatic carbocycles. The minimum absolute atomic E-state index is 0.146. The fourth-order valence-electron chi connectivity index (χ4n) is 5.35. The van der Waals surface area contributed by atoms with Crippen molar-refractivity contribution in [2.75, 3.05) is 17.1 Å². The van der Waals surface area contributed by atoms with E-state index >= 15 is 0 Å². The molecule has 11 nitrogen and oxygen atoms in total. The molecule has 2 amide bonds. The van der Waals surface area contributed by atoms with Crippen LogP contribution in [0.25, 0.3) is 0 Å². The largest absolute Gasteiger partial charge is 0.493 e. The first-order chi connectivity index (χ1) is 20.8. The summed E-state index contributed by atoms with van der Waals surface area (Å²) in [5.41, 5.74) is 2.34. The number of nitro groups is 1. The standard InChI is InChI=1S/C32H25N3O8/c1-19-11-14-22(15-12-19)33-30(36)27-28(34(43-29(27)31(33)37)23-9-6-10-24(18-23)35(39)40)21-13-16-25(26(17-21)41-2)42-32(38)20-7-4-3-5-8-20/h3-18,27-29H,1-2H3/t27-,28-,29-/m0/s1. The number of rotatable bonds is 7. The van der Waals surface area contributed by atoms with Gasteiger partial charge in [-0.15, -0.1) is 0 Å². The van der Waals surface area contributed by atoms with E-state index in [4.69, 9.17) is 14.3 Å². The first kappa shape index (κ1) is 27.6. The van der Waals surface area contributed by atoms with Crippen LogP contribution in [-0.2, 0) is 14.4 Å². The summed E-state index contributed by atoms with van der Waals surface area (Å²) in [7, 11) is 1.41. The summed E-state index contributed by atoms with van der Waals surface area (Å²) in [5.74, 6) is -2.24. The molecule has 2 aliphatic rings. The van der Waals surface area contributed by atoms with Crippen molar-refractivity contribution in [3.8, 4) is 11.5 Å². The number of ether oxygens (including phenoxy) is 2. The molecule has 216 valence electrons. The lowest BCUT2D eigenvalue weighted by atomic mass is 9.90. The lowest BCUT2D eigenvalue weighted by Crippen LogP contribution is -2.37. The molecule has 3 atom stereocenters. The second kappa shape index (κ2) is 11.0. The van der Waals surface area contributed by atoms with E-state index in [0.717, 1.165) is 10.5 Å². The van der Waals surface area contributed by atoms with Gasteiger partial charge in [-0.1, -0.05) is 48.0 Å². The molecule has 2 aliphatic heterocycles. The molecule has 6 rings (SSSR count). The molecule has 0 radical (unpaired) electrons. The molecule has 0 unspecified atom stereocenters. The Morgan fingerprint density at radius 2 is 1.60 bits per heavy atom. The van der Waals surface area contributed by atoms with Crippen LogP contribution in [0.1, 0.15) is 27.5 Å². The number of hydrogen-bond donors (Lipinski definition) is 0. The van der Waals surface area contributed by atoms with Crippen molar-refractivity contribution in [3.05, 3.63) is 124 Å². The Hall–Kier alpha value is -5.55. The van der Waals surface area contributed by atoms with Gasteiger partial charge in [-0.2, -0.15) is 0 Å². The third-order valence-corrected chi connectivity index (χ3v) is 7.44. The van der Waals surface area contributed by atoms with Gasteiger partial charge in [0.1, 0.15) is 5.92 Å². The number of fused-ring (bicyclic) bond motifs is 1. The van der Waals surface area contributed by atoms with Crippen molar-refractivity contribution in [1.29, 1.82) is 0 Å². The molecule has 2 saturated heterocycles. The van der Waals surface area contributed by atoms with Crippen molar-refractivity contribution in [2.24, 2.45) is 5.92 Å². The fourth-order valence-corrected chi connectivity index (χ4v) is 5.35. The molecule has 0 bridgehead atoms. The normalized spacial score (nSPS) is 19.3. The summed E-state index contributed by atoms with van der Waals surface area (Å²) in [4.78, 5) is 58.5. The second-order valence-electron chi connectivity index (χ2n) is 10.1. The molecule has 2 fully saturated rings.